The van der Waals surface area contributed by atoms with E-state index in [4.69, 9.17) is 8.83 Å². The number of nitrogens with one attached hydrogen (secondary N) is 1. The Bertz CT molecular complexity index is 1170. The van der Waals surface area contributed by atoms with E-state index in [1.165, 1.54) is 0 Å². The molecule has 0 atom stereocenters. The predicted molar refractivity (Wildman–Crippen MR) is 111 cm³/mol. The van der Waals surface area contributed by atoms with Gasteiger partial charge in [0.15, 0.2) is 11.5 Å². The molecule has 0 aliphatic rings. The normalized spacial score (nSPS) is 11.0. The lowest BCUT2D eigenvalue weighted by Crippen LogP contribution is -2.30. The average molecular weight is 406 g/mol. The molecule has 1 aromatic carbocycles. The van der Waals surface area contributed by atoms with Crippen LogP contribution in [0.25, 0.3) is 11.0 Å². The Morgan fingerprint density at radius 3 is 2.63 bits per heavy atom. The number of anilines is 1. The number of amides is 2. The molecule has 4 aromatic rings. The van der Waals surface area contributed by atoms with Crippen molar-refractivity contribution >= 4 is 28.5 Å². The van der Waals surface area contributed by atoms with E-state index in [-0.39, 0.29) is 23.3 Å². The summed E-state index contributed by atoms with van der Waals surface area (Å²) in [5, 5.41) is 3.56. The van der Waals surface area contributed by atoms with Crippen molar-refractivity contribution in [2.75, 3.05) is 18.4 Å². The summed E-state index contributed by atoms with van der Waals surface area (Å²) in [4.78, 5) is 30.7. The lowest BCUT2D eigenvalue weighted by molar-refractivity contribution is 0.0743. The molecule has 0 fully saturated rings. The topological polar surface area (TPSA) is 93.5 Å². The van der Waals surface area contributed by atoms with Crippen molar-refractivity contribution in [3.63, 3.8) is 0 Å². The highest BCUT2D eigenvalue weighted by atomic mass is 16.4. The Hall–Kier alpha value is -3.81. The van der Waals surface area contributed by atoms with E-state index >= 15 is 0 Å². The van der Waals surface area contributed by atoms with Gasteiger partial charge in [-0.2, -0.15) is 0 Å². The monoisotopic (exact) mass is 406 g/mol. The van der Waals surface area contributed by atoms with Gasteiger partial charge in [-0.3, -0.25) is 9.59 Å². The van der Waals surface area contributed by atoms with Crippen molar-refractivity contribution in [2.45, 2.75) is 20.4 Å². The van der Waals surface area contributed by atoms with Crippen LogP contribution in [0.1, 0.15) is 40.7 Å². The van der Waals surface area contributed by atoms with Crippen molar-refractivity contribution in [1.29, 1.82) is 0 Å². The molecule has 30 heavy (non-hydrogen) atoms. The third kappa shape index (κ3) is 3.98. The minimum atomic E-state index is -0.353. The molecule has 2 amide bonds. The number of carbonyl (C=O) groups is 2. The lowest BCUT2D eigenvalue weighted by atomic mass is 10.2. The van der Waals surface area contributed by atoms with Crippen LogP contribution in [-0.4, -0.2) is 39.4 Å². The van der Waals surface area contributed by atoms with Crippen molar-refractivity contribution in [3.8, 4) is 0 Å². The molecule has 3 heterocycles. The maximum atomic E-state index is 12.5. The van der Waals surface area contributed by atoms with Crippen LogP contribution in [0.4, 0.5) is 5.69 Å². The Balaban J connectivity index is 1.48. The van der Waals surface area contributed by atoms with E-state index in [9.17, 15) is 9.59 Å². The smallest absolute Gasteiger partial charge is 0.291 e. The quantitative estimate of drug-likeness (QED) is 0.501. The zero-order valence-corrected chi connectivity index (χ0v) is 16.8. The third-order valence-corrected chi connectivity index (χ3v) is 4.82. The molecule has 0 saturated heterocycles. The zero-order valence-electron chi connectivity index (χ0n) is 16.8. The minimum Gasteiger partial charge on any atom is -0.454 e. The molecule has 0 bridgehead atoms. The van der Waals surface area contributed by atoms with Gasteiger partial charge in [0.2, 0.25) is 0 Å². The Labute approximate surface area is 173 Å². The molecule has 0 saturated carbocycles. The molecular weight excluding hydrogens is 384 g/mol. The fourth-order valence-electron chi connectivity index (χ4n) is 3.23. The molecule has 4 rings (SSSR count). The predicted octanol–water partition coefficient (Wildman–Crippen LogP) is 4.00. The summed E-state index contributed by atoms with van der Waals surface area (Å²) >= 11 is 0. The molecule has 0 unspecified atom stereocenters. The fourth-order valence-corrected chi connectivity index (χ4v) is 3.23. The van der Waals surface area contributed by atoms with Gasteiger partial charge in [0.05, 0.1) is 12.9 Å². The Morgan fingerprint density at radius 2 is 1.90 bits per heavy atom. The van der Waals surface area contributed by atoms with Gasteiger partial charge in [0.25, 0.3) is 11.8 Å². The van der Waals surface area contributed by atoms with Crippen LogP contribution in [0.2, 0.25) is 0 Å². The van der Waals surface area contributed by atoms with Gasteiger partial charge in [0.1, 0.15) is 11.3 Å². The van der Waals surface area contributed by atoms with E-state index in [0.717, 1.165) is 5.39 Å². The average Bonchev–Trinajstić information content (AvgIpc) is 3.49. The molecule has 3 aromatic heterocycles. The molecule has 154 valence electrons. The lowest BCUT2D eigenvalue weighted by Gasteiger charge is -2.16. The molecule has 0 spiro atoms. The number of hydrogen-bond acceptors (Lipinski definition) is 5. The number of aromatic nitrogens is 2. The Morgan fingerprint density at radius 1 is 1.07 bits per heavy atom. The number of hydrogen-bond donors (Lipinski definition) is 1. The molecular formula is C22H22N4O4. The summed E-state index contributed by atoms with van der Waals surface area (Å²) in [5.41, 5.74) is 1.17. The van der Waals surface area contributed by atoms with Gasteiger partial charge in [-0.05, 0) is 50.2 Å². The summed E-state index contributed by atoms with van der Waals surface area (Å²) in [6, 6.07) is 10.3. The van der Waals surface area contributed by atoms with Crippen LogP contribution in [0, 0.1) is 0 Å². The molecule has 0 aliphatic carbocycles. The first-order chi connectivity index (χ1) is 14.6. The Kier molecular flexibility index (Phi) is 5.38. The van der Waals surface area contributed by atoms with Crippen molar-refractivity contribution in [3.05, 3.63) is 72.4 Å². The van der Waals surface area contributed by atoms with Crippen molar-refractivity contribution < 1.29 is 18.4 Å². The second kappa shape index (κ2) is 8.28. The zero-order chi connectivity index (χ0) is 21.1. The number of fused-ring (bicyclic) bond motifs is 1. The molecule has 1 N–H and O–H groups in total. The van der Waals surface area contributed by atoms with Gasteiger partial charge >= 0.3 is 0 Å². The second-order valence-electron chi connectivity index (χ2n) is 6.80. The van der Waals surface area contributed by atoms with E-state index in [2.05, 4.69) is 10.3 Å². The van der Waals surface area contributed by atoms with E-state index in [1.54, 1.807) is 53.8 Å². The summed E-state index contributed by atoms with van der Waals surface area (Å²) in [6.45, 7) is 5.57. The summed E-state index contributed by atoms with van der Waals surface area (Å²) in [5.74, 6) is 0.655. The maximum Gasteiger partial charge on any atom is 0.291 e. The molecule has 0 aliphatic heterocycles. The van der Waals surface area contributed by atoms with Gasteiger partial charge < -0.3 is 23.6 Å². The number of carbonyl (C=O) groups excluding carboxylic acids is 2. The summed E-state index contributed by atoms with van der Waals surface area (Å²) in [7, 11) is 0. The SMILES string of the molecule is CCN(CC)C(=O)c1cc2cc(NC(=O)c3ccc(Cn4ccnc4)o3)ccc2o1. The number of nitrogens with zero attached hydrogens (tertiary/aromatic N) is 3. The largest absolute Gasteiger partial charge is 0.454 e. The van der Waals surface area contributed by atoms with E-state index < -0.39 is 0 Å². The number of rotatable bonds is 7. The summed E-state index contributed by atoms with van der Waals surface area (Å²) in [6.07, 6.45) is 5.19. The molecule has 0 radical (unpaired) electrons. The number of benzene rings is 1. The highest BCUT2D eigenvalue weighted by molar-refractivity contribution is 6.03. The number of furan rings is 2. The highest BCUT2D eigenvalue weighted by Crippen LogP contribution is 2.24. The van der Waals surface area contributed by atoms with Crippen LogP contribution in [0.15, 0.2) is 64.0 Å². The number of imidazole rings is 1. The highest BCUT2D eigenvalue weighted by Gasteiger charge is 2.18. The minimum absolute atomic E-state index is 0.150. The molecule has 8 nitrogen and oxygen atoms in total. The van der Waals surface area contributed by atoms with Crippen molar-refractivity contribution in [1.82, 2.24) is 14.5 Å². The maximum absolute atomic E-state index is 12.5. The van der Waals surface area contributed by atoms with E-state index in [0.29, 0.717) is 36.7 Å². The van der Waals surface area contributed by atoms with Crippen molar-refractivity contribution in [2.24, 2.45) is 0 Å². The first-order valence-corrected chi connectivity index (χ1v) is 9.76. The van der Waals surface area contributed by atoms with Crippen LogP contribution in [-0.2, 0) is 6.54 Å². The van der Waals surface area contributed by atoms with E-state index in [1.807, 2.05) is 24.6 Å². The van der Waals surface area contributed by atoms with Gasteiger partial charge in [-0.25, -0.2) is 4.98 Å². The van der Waals surface area contributed by atoms with Crippen LogP contribution >= 0.6 is 0 Å². The third-order valence-electron chi connectivity index (χ3n) is 4.82. The molecule has 8 heteroatoms. The van der Waals surface area contributed by atoms with Gasteiger partial charge in [-0.15, -0.1) is 0 Å². The van der Waals surface area contributed by atoms with Crippen LogP contribution < -0.4 is 5.32 Å². The van der Waals surface area contributed by atoms with Crippen LogP contribution in [0.5, 0.6) is 0 Å². The summed E-state index contributed by atoms with van der Waals surface area (Å²) < 4.78 is 13.2. The first kappa shape index (κ1) is 19.5. The first-order valence-electron chi connectivity index (χ1n) is 9.76. The van der Waals surface area contributed by atoms with Crippen LogP contribution in [0.3, 0.4) is 0 Å². The fraction of sp³-hybridized carbons (Fsp3) is 0.227. The van der Waals surface area contributed by atoms with Gasteiger partial charge in [-0.1, -0.05) is 0 Å². The standard InChI is InChI=1S/C22H22N4O4/c1-3-26(4-2)22(28)20-12-15-11-16(5-7-18(15)30-20)24-21(27)19-8-6-17(29-19)13-25-10-9-23-14-25/h5-12,14H,3-4,13H2,1-2H3,(H,24,27). The second-order valence-corrected chi connectivity index (χ2v) is 6.80. The van der Waals surface area contributed by atoms with Gasteiger partial charge in [0, 0.05) is 36.6 Å².